The van der Waals surface area contributed by atoms with Gasteiger partial charge in [0.1, 0.15) is 5.75 Å². The third-order valence-corrected chi connectivity index (χ3v) is 3.05. The molecule has 1 fully saturated rings. The van der Waals surface area contributed by atoms with Gasteiger partial charge in [-0.3, -0.25) is 4.79 Å². The molecule has 6 heteroatoms. The summed E-state index contributed by atoms with van der Waals surface area (Å²) in [5, 5.41) is 6.08. The zero-order valence-corrected chi connectivity index (χ0v) is 12.6. The Labute approximate surface area is 125 Å². The lowest BCUT2D eigenvalue weighted by Gasteiger charge is -2.23. The van der Waals surface area contributed by atoms with Gasteiger partial charge in [-0.1, -0.05) is 6.07 Å². The van der Waals surface area contributed by atoms with E-state index in [1.807, 2.05) is 25.1 Å². The number of aryl methyl sites for hydroxylation is 1. The first kappa shape index (κ1) is 16.8. The van der Waals surface area contributed by atoms with Crippen molar-refractivity contribution in [1.82, 2.24) is 5.32 Å². The van der Waals surface area contributed by atoms with Gasteiger partial charge in [0.15, 0.2) is 0 Å². The molecular formula is C14H21ClN2O3. The Bertz CT molecular complexity index is 448. The minimum Gasteiger partial charge on any atom is -0.495 e. The first-order valence-corrected chi connectivity index (χ1v) is 6.46. The van der Waals surface area contributed by atoms with Crippen molar-refractivity contribution < 1.29 is 14.3 Å². The molecule has 0 aromatic heterocycles. The highest BCUT2D eigenvalue weighted by Crippen LogP contribution is 2.25. The summed E-state index contributed by atoms with van der Waals surface area (Å²) < 4.78 is 10.7. The number of carbonyl (C=O) groups is 1. The number of benzene rings is 1. The predicted molar refractivity (Wildman–Crippen MR) is 80.8 cm³/mol. The zero-order valence-electron chi connectivity index (χ0n) is 11.8. The summed E-state index contributed by atoms with van der Waals surface area (Å²) in [7, 11) is 1.59. The fraction of sp³-hybridized carbons (Fsp3) is 0.500. The van der Waals surface area contributed by atoms with E-state index in [0.29, 0.717) is 24.5 Å². The summed E-state index contributed by atoms with van der Waals surface area (Å²) >= 11 is 0. The Kier molecular flexibility index (Phi) is 6.78. The monoisotopic (exact) mass is 300 g/mol. The topological polar surface area (TPSA) is 59.6 Å². The highest BCUT2D eigenvalue weighted by molar-refractivity contribution is 5.92. The molecule has 1 saturated heterocycles. The number of amides is 1. The number of anilines is 1. The molecular weight excluding hydrogens is 280 g/mol. The Balaban J connectivity index is 0.00000200. The number of morpholine rings is 1. The van der Waals surface area contributed by atoms with Crippen LogP contribution in [-0.4, -0.2) is 38.8 Å². The number of hydrogen-bond donors (Lipinski definition) is 2. The summed E-state index contributed by atoms with van der Waals surface area (Å²) in [6, 6.07) is 5.70. The van der Waals surface area contributed by atoms with Crippen molar-refractivity contribution in [1.29, 1.82) is 0 Å². The van der Waals surface area contributed by atoms with Gasteiger partial charge in [-0.25, -0.2) is 0 Å². The summed E-state index contributed by atoms with van der Waals surface area (Å²) in [4.78, 5) is 12.0. The quantitative estimate of drug-likeness (QED) is 0.889. The maximum Gasteiger partial charge on any atom is 0.227 e. The summed E-state index contributed by atoms with van der Waals surface area (Å²) in [6.07, 6.45) is 0.300. The van der Waals surface area contributed by atoms with E-state index >= 15 is 0 Å². The van der Waals surface area contributed by atoms with Gasteiger partial charge in [0.05, 0.1) is 31.9 Å². The Morgan fingerprint density at radius 2 is 2.35 bits per heavy atom. The molecule has 1 aromatic rings. The SMILES string of the molecule is COc1ccc(C)cc1NC(=O)CC1CNCCO1.Cl. The van der Waals surface area contributed by atoms with Crippen molar-refractivity contribution in [2.24, 2.45) is 0 Å². The van der Waals surface area contributed by atoms with Gasteiger partial charge in [0, 0.05) is 13.1 Å². The molecule has 112 valence electrons. The van der Waals surface area contributed by atoms with E-state index in [2.05, 4.69) is 10.6 Å². The van der Waals surface area contributed by atoms with E-state index in [4.69, 9.17) is 9.47 Å². The molecule has 2 N–H and O–H groups in total. The first-order chi connectivity index (χ1) is 9.19. The fourth-order valence-corrected chi connectivity index (χ4v) is 2.08. The van der Waals surface area contributed by atoms with Crippen LogP contribution < -0.4 is 15.4 Å². The molecule has 5 nitrogen and oxygen atoms in total. The minimum absolute atomic E-state index is 0. The average Bonchev–Trinajstić information content (AvgIpc) is 2.40. The minimum atomic E-state index is -0.0578. The number of halogens is 1. The molecule has 0 bridgehead atoms. The summed E-state index contributed by atoms with van der Waals surface area (Å²) in [5.74, 6) is 0.610. The molecule has 1 unspecified atom stereocenters. The van der Waals surface area contributed by atoms with Crippen LogP contribution in [0.1, 0.15) is 12.0 Å². The van der Waals surface area contributed by atoms with Gasteiger partial charge in [0.25, 0.3) is 0 Å². The Hall–Kier alpha value is -1.30. The molecule has 0 aliphatic carbocycles. The van der Waals surface area contributed by atoms with Crippen molar-refractivity contribution in [3.8, 4) is 5.75 Å². The van der Waals surface area contributed by atoms with E-state index < -0.39 is 0 Å². The smallest absolute Gasteiger partial charge is 0.227 e. The van der Waals surface area contributed by atoms with Crippen molar-refractivity contribution in [2.45, 2.75) is 19.4 Å². The Morgan fingerprint density at radius 1 is 1.55 bits per heavy atom. The standard InChI is InChI=1S/C14H20N2O3.ClH/c1-10-3-4-13(18-2)12(7-10)16-14(17)8-11-9-15-5-6-19-11;/h3-4,7,11,15H,5-6,8-9H2,1-2H3,(H,16,17);1H. The number of hydrogen-bond acceptors (Lipinski definition) is 4. The van der Waals surface area contributed by atoms with E-state index in [9.17, 15) is 4.79 Å². The number of rotatable bonds is 4. The van der Waals surface area contributed by atoms with Crippen molar-refractivity contribution in [3.63, 3.8) is 0 Å². The van der Waals surface area contributed by atoms with E-state index in [-0.39, 0.29) is 24.4 Å². The molecule has 0 spiro atoms. The molecule has 1 aromatic carbocycles. The van der Waals surface area contributed by atoms with E-state index in [0.717, 1.165) is 18.7 Å². The van der Waals surface area contributed by atoms with Crippen LogP contribution in [0.4, 0.5) is 5.69 Å². The van der Waals surface area contributed by atoms with E-state index in [1.54, 1.807) is 7.11 Å². The molecule has 1 aliphatic heterocycles. The van der Waals surface area contributed by atoms with Crippen LogP contribution in [0.5, 0.6) is 5.75 Å². The maximum absolute atomic E-state index is 12.0. The third kappa shape index (κ3) is 4.67. The molecule has 1 heterocycles. The van der Waals surface area contributed by atoms with Crippen molar-refractivity contribution in [2.75, 3.05) is 32.1 Å². The van der Waals surface area contributed by atoms with Crippen LogP contribution in [0.25, 0.3) is 0 Å². The number of ether oxygens (including phenoxy) is 2. The van der Waals surface area contributed by atoms with Gasteiger partial charge >= 0.3 is 0 Å². The second kappa shape index (κ2) is 8.09. The van der Waals surface area contributed by atoms with Gasteiger partial charge in [-0.2, -0.15) is 0 Å². The van der Waals surface area contributed by atoms with Gasteiger partial charge in [0.2, 0.25) is 5.91 Å². The molecule has 2 rings (SSSR count). The Morgan fingerprint density at radius 3 is 3.00 bits per heavy atom. The second-order valence-corrected chi connectivity index (χ2v) is 4.65. The second-order valence-electron chi connectivity index (χ2n) is 4.65. The normalized spacial score (nSPS) is 18.0. The van der Waals surface area contributed by atoms with Crippen LogP contribution in [0.2, 0.25) is 0 Å². The van der Waals surface area contributed by atoms with Crippen molar-refractivity contribution >= 4 is 24.0 Å². The zero-order chi connectivity index (χ0) is 13.7. The summed E-state index contributed by atoms with van der Waals surface area (Å²) in [5.41, 5.74) is 1.78. The van der Waals surface area contributed by atoms with Crippen LogP contribution >= 0.6 is 12.4 Å². The highest BCUT2D eigenvalue weighted by atomic mass is 35.5. The van der Waals surface area contributed by atoms with Gasteiger partial charge in [-0.15, -0.1) is 12.4 Å². The number of carbonyl (C=O) groups excluding carboxylic acids is 1. The van der Waals surface area contributed by atoms with Crippen LogP contribution in [-0.2, 0) is 9.53 Å². The maximum atomic E-state index is 12.0. The van der Waals surface area contributed by atoms with Crippen LogP contribution in [0, 0.1) is 6.92 Å². The molecule has 0 saturated carbocycles. The molecule has 1 atom stereocenters. The largest absolute Gasteiger partial charge is 0.495 e. The summed E-state index contributed by atoms with van der Waals surface area (Å²) in [6.45, 7) is 4.21. The third-order valence-electron chi connectivity index (χ3n) is 3.05. The highest BCUT2D eigenvalue weighted by Gasteiger charge is 2.18. The average molecular weight is 301 g/mol. The van der Waals surface area contributed by atoms with E-state index in [1.165, 1.54) is 0 Å². The lowest BCUT2D eigenvalue weighted by atomic mass is 10.2. The molecule has 0 radical (unpaired) electrons. The molecule has 20 heavy (non-hydrogen) atoms. The van der Waals surface area contributed by atoms with Crippen LogP contribution in [0.15, 0.2) is 18.2 Å². The predicted octanol–water partition coefficient (Wildman–Crippen LogP) is 1.74. The number of nitrogens with one attached hydrogen (secondary N) is 2. The van der Waals surface area contributed by atoms with Gasteiger partial charge in [-0.05, 0) is 24.6 Å². The molecule has 1 aliphatic rings. The fourth-order valence-electron chi connectivity index (χ4n) is 2.08. The first-order valence-electron chi connectivity index (χ1n) is 6.46. The van der Waals surface area contributed by atoms with Crippen LogP contribution in [0.3, 0.4) is 0 Å². The van der Waals surface area contributed by atoms with Crippen molar-refractivity contribution in [3.05, 3.63) is 23.8 Å². The van der Waals surface area contributed by atoms with Gasteiger partial charge < -0.3 is 20.1 Å². The molecule has 1 amide bonds. The lowest BCUT2D eigenvalue weighted by molar-refractivity contribution is -0.119. The lowest BCUT2D eigenvalue weighted by Crippen LogP contribution is -2.40. The number of methoxy groups -OCH3 is 1.